The molecule has 1 aliphatic rings. The molecule has 0 unspecified atom stereocenters. The molecule has 1 heterocycles. The summed E-state index contributed by atoms with van der Waals surface area (Å²) in [5, 5.41) is 0.431. The lowest BCUT2D eigenvalue weighted by Crippen LogP contribution is -2.35. The van der Waals surface area contributed by atoms with Crippen molar-refractivity contribution in [3.05, 3.63) is 29.3 Å². The van der Waals surface area contributed by atoms with Gasteiger partial charge in [-0.1, -0.05) is 24.6 Å². The summed E-state index contributed by atoms with van der Waals surface area (Å²) >= 11 is 5.83. The highest BCUT2D eigenvalue weighted by atomic mass is 35.5. The lowest BCUT2D eigenvalue weighted by Gasteiger charge is -2.30. The predicted octanol–water partition coefficient (Wildman–Crippen LogP) is 2.74. The zero-order valence-electron chi connectivity index (χ0n) is 12.4. The van der Waals surface area contributed by atoms with Gasteiger partial charge >= 0.3 is 0 Å². The molecule has 1 aromatic carbocycles. The van der Waals surface area contributed by atoms with Crippen molar-refractivity contribution in [2.24, 2.45) is 5.92 Å². The van der Waals surface area contributed by atoms with Crippen LogP contribution < -0.4 is 4.72 Å². The summed E-state index contributed by atoms with van der Waals surface area (Å²) in [4.78, 5) is 2.63. The van der Waals surface area contributed by atoms with Crippen LogP contribution in [0.4, 0.5) is 0 Å². The molecule has 0 spiro atoms. The molecule has 0 atom stereocenters. The Kier molecular flexibility index (Phi) is 6.05. The first-order chi connectivity index (χ1) is 9.97. The average Bonchev–Trinajstić information content (AvgIpc) is 2.45. The van der Waals surface area contributed by atoms with Gasteiger partial charge in [0.15, 0.2) is 0 Å². The Hall–Kier alpha value is -0.620. The van der Waals surface area contributed by atoms with E-state index in [9.17, 15) is 8.42 Å². The molecule has 1 fully saturated rings. The van der Waals surface area contributed by atoms with E-state index in [-0.39, 0.29) is 4.90 Å². The van der Waals surface area contributed by atoms with Crippen LogP contribution in [-0.2, 0) is 10.0 Å². The van der Waals surface area contributed by atoms with E-state index < -0.39 is 10.0 Å². The van der Waals surface area contributed by atoms with Crippen molar-refractivity contribution in [2.75, 3.05) is 26.2 Å². The molecule has 0 saturated carbocycles. The van der Waals surface area contributed by atoms with E-state index in [0.29, 0.717) is 11.6 Å². The van der Waals surface area contributed by atoms with E-state index in [1.807, 2.05) is 0 Å². The predicted molar refractivity (Wildman–Crippen MR) is 86.1 cm³/mol. The summed E-state index contributed by atoms with van der Waals surface area (Å²) in [5.74, 6) is 0.822. The van der Waals surface area contributed by atoms with Gasteiger partial charge in [0.1, 0.15) is 0 Å². The number of likely N-dealkylation sites (tertiary alicyclic amines) is 1. The summed E-state index contributed by atoms with van der Waals surface area (Å²) < 4.78 is 26.8. The van der Waals surface area contributed by atoms with Gasteiger partial charge in [0.25, 0.3) is 0 Å². The molecular weight excluding hydrogens is 308 g/mol. The molecule has 118 valence electrons. The van der Waals surface area contributed by atoms with Crippen LogP contribution in [0.3, 0.4) is 0 Å². The second-order valence-electron chi connectivity index (χ2n) is 5.73. The van der Waals surface area contributed by atoms with E-state index in [4.69, 9.17) is 11.6 Å². The maximum atomic E-state index is 12.1. The van der Waals surface area contributed by atoms with Crippen LogP contribution in [0.1, 0.15) is 26.2 Å². The Bertz CT molecular complexity index is 555. The van der Waals surface area contributed by atoms with Crippen molar-refractivity contribution in [1.82, 2.24) is 9.62 Å². The van der Waals surface area contributed by atoms with E-state index >= 15 is 0 Å². The molecule has 0 amide bonds. The molecule has 0 bridgehead atoms. The van der Waals surface area contributed by atoms with Gasteiger partial charge in [0.05, 0.1) is 4.90 Å². The van der Waals surface area contributed by atoms with E-state index in [1.165, 1.54) is 18.9 Å². The van der Waals surface area contributed by atoms with Crippen LogP contribution in [0, 0.1) is 5.92 Å². The number of benzene rings is 1. The monoisotopic (exact) mass is 330 g/mol. The van der Waals surface area contributed by atoms with Crippen LogP contribution in [-0.4, -0.2) is 39.5 Å². The van der Waals surface area contributed by atoms with Crippen LogP contribution >= 0.6 is 11.6 Å². The van der Waals surface area contributed by atoms with Crippen molar-refractivity contribution in [3.63, 3.8) is 0 Å². The van der Waals surface area contributed by atoms with Crippen LogP contribution in [0.2, 0.25) is 5.02 Å². The molecule has 0 radical (unpaired) electrons. The zero-order chi connectivity index (χ0) is 15.3. The number of rotatable bonds is 6. The number of hydrogen-bond donors (Lipinski definition) is 1. The van der Waals surface area contributed by atoms with Gasteiger partial charge in [-0.25, -0.2) is 13.1 Å². The zero-order valence-corrected chi connectivity index (χ0v) is 14.0. The molecule has 0 aliphatic carbocycles. The van der Waals surface area contributed by atoms with Gasteiger partial charge in [-0.15, -0.1) is 0 Å². The molecule has 4 nitrogen and oxygen atoms in total. The summed E-state index contributed by atoms with van der Waals surface area (Å²) in [6, 6.07) is 6.33. The standard InChI is InChI=1S/C15H23ClN2O2S/c1-13-6-10-18(11-7-13)9-3-8-17-21(19,20)15-5-2-4-14(16)12-15/h2,4-5,12-13,17H,3,6-11H2,1H3. The molecule has 1 saturated heterocycles. The fraction of sp³-hybridized carbons (Fsp3) is 0.600. The van der Waals surface area contributed by atoms with Gasteiger partial charge in [-0.2, -0.15) is 0 Å². The van der Waals surface area contributed by atoms with E-state index in [2.05, 4.69) is 16.5 Å². The molecule has 1 N–H and O–H groups in total. The Labute approximate surface area is 132 Å². The van der Waals surface area contributed by atoms with Gasteiger partial charge in [0, 0.05) is 11.6 Å². The van der Waals surface area contributed by atoms with Crippen LogP contribution in [0.5, 0.6) is 0 Å². The second kappa shape index (κ2) is 7.58. The fourth-order valence-electron chi connectivity index (χ4n) is 2.51. The summed E-state index contributed by atoms with van der Waals surface area (Å²) in [7, 11) is -3.45. The maximum Gasteiger partial charge on any atom is 0.240 e. The van der Waals surface area contributed by atoms with E-state index in [0.717, 1.165) is 32.0 Å². The number of nitrogens with zero attached hydrogens (tertiary/aromatic N) is 1. The van der Waals surface area contributed by atoms with Crippen molar-refractivity contribution >= 4 is 21.6 Å². The Balaban J connectivity index is 1.75. The molecule has 1 aromatic rings. The maximum absolute atomic E-state index is 12.1. The third-order valence-electron chi connectivity index (χ3n) is 3.93. The summed E-state index contributed by atoms with van der Waals surface area (Å²) in [6.45, 7) is 5.95. The third kappa shape index (κ3) is 5.25. The quantitative estimate of drug-likeness (QED) is 0.816. The second-order valence-corrected chi connectivity index (χ2v) is 7.94. The topological polar surface area (TPSA) is 49.4 Å². The smallest absolute Gasteiger partial charge is 0.240 e. The first kappa shape index (κ1) is 16.7. The minimum Gasteiger partial charge on any atom is -0.303 e. The Morgan fingerprint density at radius 3 is 2.71 bits per heavy atom. The highest BCUT2D eigenvalue weighted by Gasteiger charge is 2.16. The molecule has 6 heteroatoms. The van der Waals surface area contributed by atoms with Gasteiger partial charge in [-0.3, -0.25) is 0 Å². The number of hydrogen-bond acceptors (Lipinski definition) is 3. The van der Waals surface area contributed by atoms with Crippen LogP contribution in [0.25, 0.3) is 0 Å². The van der Waals surface area contributed by atoms with Crippen molar-refractivity contribution in [3.8, 4) is 0 Å². The lowest BCUT2D eigenvalue weighted by molar-refractivity contribution is 0.191. The van der Waals surface area contributed by atoms with Crippen LogP contribution in [0.15, 0.2) is 29.2 Å². The third-order valence-corrected chi connectivity index (χ3v) is 5.62. The molecular formula is C15H23ClN2O2S. The minimum atomic E-state index is -3.45. The Morgan fingerprint density at radius 1 is 1.33 bits per heavy atom. The average molecular weight is 331 g/mol. The van der Waals surface area contributed by atoms with Crippen molar-refractivity contribution < 1.29 is 8.42 Å². The number of nitrogens with one attached hydrogen (secondary N) is 1. The van der Waals surface area contributed by atoms with Crippen molar-refractivity contribution in [1.29, 1.82) is 0 Å². The number of piperidine rings is 1. The highest BCUT2D eigenvalue weighted by molar-refractivity contribution is 7.89. The van der Waals surface area contributed by atoms with E-state index in [1.54, 1.807) is 18.2 Å². The first-order valence-corrected chi connectivity index (χ1v) is 9.31. The molecule has 21 heavy (non-hydrogen) atoms. The number of sulfonamides is 1. The normalized spacial score (nSPS) is 18.0. The minimum absolute atomic E-state index is 0.224. The fourth-order valence-corrected chi connectivity index (χ4v) is 3.89. The largest absolute Gasteiger partial charge is 0.303 e. The summed E-state index contributed by atoms with van der Waals surface area (Å²) in [6.07, 6.45) is 3.32. The van der Waals surface area contributed by atoms with Gasteiger partial charge in [-0.05, 0) is 63.0 Å². The van der Waals surface area contributed by atoms with Gasteiger partial charge in [0.2, 0.25) is 10.0 Å². The first-order valence-electron chi connectivity index (χ1n) is 7.45. The van der Waals surface area contributed by atoms with Crippen molar-refractivity contribution in [2.45, 2.75) is 31.1 Å². The molecule has 0 aromatic heterocycles. The number of halogens is 1. The highest BCUT2D eigenvalue weighted by Crippen LogP contribution is 2.16. The molecule has 2 rings (SSSR count). The molecule has 1 aliphatic heterocycles. The van der Waals surface area contributed by atoms with Gasteiger partial charge < -0.3 is 4.90 Å². The summed E-state index contributed by atoms with van der Waals surface area (Å²) in [5.41, 5.74) is 0. The Morgan fingerprint density at radius 2 is 2.05 bits per heavy atom. The lowest BCUT2D eigenvalue weighted by atomic mass is 9.99. The SMILES string of the molecule is CC1CCN(CCCNS(=O)(=O)c2cccc(Cl)c2)CC1.